The number of carboxylic acid groups (broad SMARTS) is 1. The summed E-state index contributed by atoms with van der Waals surface area (Å²) in [6.45, 7) is 1.61. The lowest BCUT2D eigenvalue weighted by molar-refractivity contribution is 0.0698. The predicted molar refractivity (Wildman–Crippen MR) is 68.7 cm³/mol. The zero-order valence-electron chi connectivity index (χ0n) is 9.86. The molecule has 0 spiro atoms. The highest BCUT2D eigenvalue weighted by Gasteiger charge is 2.26. The summed E-state index contributed by atoms with van der Waals surface area (Å²) in [6, 6.07) is 3.97. The molecule has 0 saturated heterocycles. The zero-order valence-corrected chi connectivity index (χ0v) is 11.5. The quantitative estimate of drug-likeness (QED) is 0.881. The van der Waals surface area contributed by atoms with Gasteiger partial charge >= 0.3 is 5.97 Å². The summed E-state index contributed by atoms with van der Waals surface area (Å²) >= 11 is 0.867. The highest BCUT2D eigenvalue weighted by atomic mass is 32.2. The highest BCUT2D eigenvalue weighted by Crippen LogP contribution is 2.24. The molecule has 8 heteroatoms. The molecular formula is C11H11NO5S2. The van der Waals surface area contributed by atoms with Crippen molar-refractivity contribution in [2.45, 2.75) is 17.9 Å². The molecule has 0 aliphatic heterocycles. The van der Waals surface area contributed by atoms with Crippen molar-refractivity contribution in [2.24, 2.45) is 0 Å². The van der Waals surface area contributed by atoms with Gasteiger partial charge < -0.3 is 9.52 Å². The van der Waals surface area contributed by atoms with Crippen LogP contribution in [-0.4, -0.2) is 19.5 Å². The summed E-state index contributed by atoms with van der Waals surface area (Å²) in [5.74, 6) is -0.809. The van der Waals surface area contributed by atoms with Crippen molar-refractivity contribution in [1.29, 1.82) is 0 Å². The average molecular weight is 301 g/mol. The number of carbonyl (C=O) groups is 1. The molecule has 0 unspecified atom stereocenters. The summed E-state index contributed by atoms with van der Waals surface area (Å²) < 4.78 is 31.7. The Kier molecular flexibility index (Phi) is 3.74. The van der Waals surface area contributed by atoms with E-state index in [4.69, 9.17) is 9.52 Å². The number of hydrogen-bond donors (Lipinski definition) is 2. The first-order valence-corrected chi connectivity index (χ1v) is 7.64. The van der Waals surface area contributed by atoms with Crippen LogP contribution in [0.3, 0.4) is 0 Å². The van der Waals surface area contributed by atoms with E-state index in [0.717, 1.165) is 11.3 Å². The fraction of sp³-hybridized carbons (Fsp3) is 0.182. The molecule has 102 valence electrons. The molecule has 0 amide bonds. The Hall–Kier alpha value is -1.64. The van der Waals surface area contributed by atoms with Crippen LogP contribution in [0, 0.1) is 0 Å². The Morgan fingerprint density at radius 1 is 1.47 bits per heavy atom. The van der Waals surface area contributed by atoms with E-state index in [1.165, 1.54) is 17.7 Å². The number of nitrogens with one attached hydrogen (secondary N) is 1. The van der Waals surface area contributed by atoms with Crippen molar-refractivity contribution >= 4 is 27.3 Å². The SMILES string of the molecule is C[C@H](NS(=O)(=O)c1ccsc1C(=O)O)c1ccco1. The molecule has 0 radical (unpaired) electrons. The van der Waals surface area contributed by atoms with Gasteiger partial charge in [-0.2, -0.15) is 0 Å². The number of aromatic carboxylic acids is 1. The molecule has 0 aliphatic carbocycles. The average Bonchev–Trinajstić information content (AvgIpc) is 3.00. The van der Waals surface area contributed by atoms with E-state index in [2.05, 4.69) is 4.72 Å². The number of thiophene rings is 1. The van der Waals surface area contributed by atoms with Crippen molar-refractivity contribution in [1.82, 2.24) is 4.72 Å². The van der Waals surface area contributed by atoms with Gasteiger partial charge in [-0.3, -0.25) is 0 Å². The first-order valence-electron chi connectivity index (χ1n) is 5.28. The van der Waals surface area contributed by atoms with Crippen molar-refractivity contribution in [3.63, 3.8) is 0 Å². The van der Waals surface area contributed by atoms with Gasteiger partial charge in [0.1, 0.15) is 15.5 Å². The molecule has 1 atom stereocenters. The lowest BCUT2D eigenvalue weighted by Crippen LogP contribution is -2.27. The second-order valence-electron chi connectivity index (χ2n) is 3.78. The fourth-order valence-corrected chi connectivity index (χ4v) is 4.03. The van der Waals surface area contributed by atoms with E-state index in [1.54, 1.807) is 19.1 Å². The van der Waals surface area contributed by atoms with E-state index in [1.807, 2.05) is 0 Å². The van der Waals surface area contributed by atoms with Crippen molar-refractivity contribution in [2.75, 3.05) is 0 Å². The zero-order chi connectivity index (χ0) is 14.0. The van der Waals surface area contributed by atoms with E-state index in [-0.39, 0.29) is 9.77 Å². The molecule has 2 aromatic heterocycles. The molecule has 2 aromatic rings. The lowest BCUT2D eigenvalue weighted by Gasteiger charge is -2.11. The summed E-state index contributed by atoms with van der Waals surface area (Å²) in [5, 5.41) is 10.4. The Bertz CT molecular complexity index is 672. The molecule has 2 heterocycles. The van der Waals surface area contributed by atoms with Crippen LogP contribution in [-0.2, 0) is 10.0 Å². The molecule has 2 N–H and O–H groups in total. The summed E-state index contributed by atoms with van der Waals surface area (Å²) in [7, 11) is -3.90. The van der Waals surface area contributed by atoms with E-state index >= 15 is 0 Å². The Labute approximate surface area is 113 Å². The van der Waals surface area contributed by atoms with Crippen LogP contribution < -0.4 is 4.72 Å². The minimum Gasteiger partial charge on any atom is -0.477 e. The van der Waals surface area contributed by atoms with Crippen molar-refractivity contribution in [3.05, 3.63) is 40.5 Å². The van der Waals surface area contributed by atoms with Crippen LogP contribution in [0.1, 0.15) is 28.4 Å². The standard InChI is InChI=1S/C11H11NO5S2/c1-7(8-3-2-5-17-8)12-19(15,16)9-4-6-18-10(9)11(13)14/h2-7,12H,1H3,(H,13,14)/t7-/m0/s1. The monoisotopic (exact) mass is 301 g/mol. The van der Waals surface area contributed by atoms with Gasteiger partial charge in [0.15, 0.2) is 0 Å². The molecule has 0 saturated carbocycles. The molecule has 0 fully saturated rings. The van der Waals surface area contributed by atoms with E-state index < -0.39 is 22.0 Å². The molecule has 19 heavy (non-hydrogen) atoms. The second-order valence-corrected chi connectivity index (χ2v) is 6.38. The number of rotatable bonds is 5. The summed E-state index contributed by atoms with van der Waals surface area (Å²) in [4.78, 5) is 10.5. The predicted octanol–water partition coefficient (Wildman–Crippen LogP) is 2.08. The first-order chi connectivity index (χ1) is 8.92. The third-order valence-corrected chi connectivity index (χ3v) is 5.03. The molecule has 0 bridgehead atoms. The number of carboxylic acids is 1. The highest BCUT2D eigenvalue weighted by molar-refractivity contribution is 7.89. The van der Waals surface area contributed by atoms with E-state index in [0.29, 0.717) is 5.76 Å². The van der Waals surface area contributed by atoms with Gasteiger partial charge in [0.05, 0.1) is 12.3 Å². The van der Waals surface area contributed by atoms with Gasteiger partial charge in [-0.15, -0.1) is 11.3 Å². The maximum Gasteiger partial charge on any atom is 0.347 e. The Balaban J connectivity index is 2.28. The molecule has 2 rings (SSSR count). The van der Waals surface area contributed by atoms with Crippen LogP contribution in [0.25, 0.3) is 0 Å². The third kappa shape index (κ3) is 2.86. The minimum absolute atomic E-state index is 0.209. The van der Waals surface area contributed by atoms with E-state index in [9.17, 15) is 13.2 Å². The number of furan rings is 1. The van der Waals surface area contributed by atoms with Crippen molar-refractivity contribution < 1.29 is 22.7 Å². The second kappa shape index (κ2) is 5.16. The van der Waals surface area contributed by atoms with Gasteiger partial charge in [0.2, 0.25) is 10.0 Å². The molecular weight excluding hydrogens is 290 g/mol. The minimum atomic E-state index is -3.90. The van der Waals surface area contributed by atoms with Gasteiger partial charge in [-0.25, -0.2) is 17.9 Å². The lowest BCUT2D eigenvalue weighted by atomic mass is 10.3. The fourth-order valence-electron chi connectivity index (χ4n) is 1.56. The van der Waals surface area contributed by atoms with Gasteiger partial charge in [-0.05, 0) is 30.5 Å². The van der Waals surface area contributed by atoms with Crippen LogP contribution in [0.2, 0.25) is 0 Å². The maximum absolute atomic E-state index is 12.1. The third-order valence-electron chi connectivity index (χ3n) is 2.41. The van der Waals surface area contributed by atoms with Crippen LogP contribution in [0.15, 0.2) is 39.2 Å². The normalized spacial score (nSPS) is 13.3. The summed E-state index contributed by atoms with van der Waals surface area (Å²) in [5.41, 5.74) is 0. The maximum atomic E-state index is 12.1. The van der Waals surface area contributed by atoms with Crippen LogP contribution >= 0.6 is 11.3 Å². The Morgan fingerprint density at radius 2 is 2.21 bits per heavy atom. The smallest absolute Gasteiger partial charge is 0.347 e. The van der Waals surface area contributed by atoms with Gasteiger partial charge in [0, 0.05) is 0 Å². The number of hydrogen-bond acceptors (Lipinski definition) is 5. The first kappa shape index (κ1) is 13.8. The number of sulfonamides is 1. The van der Waals surface area contributed by atoms with Crippen molar-refractivity contribution in [3.8, 4) is 0 Å². The Morgan fingerprint density at radius 3 is 2.79 bits per heavy atom. The summed E-state index contributed by atoms with van der Waals surface area (Å²) in [6.07, 6.45) is 1.44. The molecule has 0 aliphatic rings. The van der Waals surface area contributed by atoms with Crippen LogP contribution in [0.4, 0.5) is 0 Å². The molecule has 0 aromatic carbocycles. The van der Waals surface area contributed by atoms with Crippen LogP contribution in [0.5, 0.6) is 0 Å². The van der Waals surface area contributed by atoms with Gasteiger partial charge in [0.25, 0.3) is 0 Å². The topological polar surface area (TPSA) is 96.6 Å². The van der Waals surface area contributed by atoms with Gasteiger partial charge in [-0.1, -0.05) is 0 Å². The molecule has 6 nitrogen and oxygen atoms in total. The largest absolute Gasteiger partial charge is 0.477 e.